The summed E-state index contributed by atoms with van der Waals surface area (Å²) in [4.78, 5) is 1.38. The van der Waals surface area contributed by atoms with Gasteiger partial charge in [-0.2, -0.15) is 0 Å². The molecule has 0 bridgehead atoms. The fraction of sp³-hybridized carbons (Fsp3) is 0. The summed E-state index contributed by atoms with van der Waals surface area (Å²) in [6.45, 7) is 0. The van der Waals surface area contributed by atoms with Gasteiger partial charge in [0, 0.05) is 17.1 Å². The zero-order valence-corrected chi connectivity index (χ0v) is 22.1. The van der Waals surface area contributed by atoms with E-state index in [9.17, 15) is 4.11 Å². The number of anilines is 3. The smallest absolute Gasteiger partial charge is 0.0651 e. The maximum Gasteiger partial charge on any atom is 0.0651 e. The summed E-state index contributed by atoms with van der Waals surface area (Å²) in [6.07, 6.45) is 0. The second kappa shape index (κ2) is 11.0. The van der Waals surface area contributed by atoms with Gasteiger partial charge in [0.25, 0.3) is 0 Å². The first-order valence-corrected chi connectivity index (χ1v) is 13.4. The zero-order chi connectivity index (χ0) is 34.4. The van der Waals surface area contributed by atoms with Crippen LogP contribution >= 0.6 is 0 Å². The molecule has 7 aromatic carbocycles. The van der Waals surface area contributed by atoms with Crippen LogP contribution in [0.25, 0.3) is 44.2 Å². The maximum absolute atomic E-state index is 9.59. The van der Waals surface area contributed by atoms with E-state index in [1.807, 2.05) is 84.9 Å². The molecule has 194 valence electrons. The predicted molar refractivity (Wildman–Crippen MR) is 175 cm³/mol. The van der Waals surface area contributed by atoms with Crippen molar-refractivity contribution >= 4 is 27.8 Å². The van der Waals surface area contributed by atoms with Crippen LogP contribution in [0.2, 0.25) is 0 Å². The third-order valence-electron chi connectivity index (χ3n) is 7.02. The highest BCUT2D eigenvalue weighted by atomic mass is 15.1. The maximum atomic E-state index is 9.59. The van der Waals surface area contributed by atoms with Gasteiger partial charge < -0.3 is 4.90 Å². The molecule has 1 heteroatoms. The molecule has 41 heavy (non-hydrogen) atoms. The third kappa shape index (κ3) is 5.02. The molecule has 0 heterocycles. The topological polar surface area (TPSA) is 3.24 Å². The lowest BCUT2D eigenvalue weighted by atomic mass is 9.97. The molecule has 0 spiro atoms. The Morgan fingerprint density at radius 2 is 1.00 bits per heavy atom. The largest absolute Gasteiger partial charge is 0.310 e. The van der Waals surface area contributed by atoms with Crippen LogP contribution in [0.15, 0.2) is 176 Å². The van der Waals surface area contributed by atoms with Crippen molar-refractivity contribution in [1.29, 1.82) is 0 Å². The molecule has 0 saturated carbocycles. The van der Waals surface area contributed by atoms with Crippen molar-refractivity contribution in [1.82, 2.24) is 0 Å². The van der Waals surface area contributed by atoms with Crippen LogP contribution in [0, 0.1) is 0 Å². The SMILES string of the molecule is [2H]c1c([2H])c(-c2cccc3ccccc23)c([2H])c(N(c2ccc(-c3ccccc3)cc2)c2c([2H])c([2H])c(-c3ccccc3)c([2H])c2[2H])c1[2H]. The Hall–Kier alpha value is -5.40. The van der Waals surface area contributed by atoms with Crippen LogP contribution in [0.4, 0.5) is 17.1 Å². The molecule has 7 rings (SSSR count). The fourth-order valence-electron chi connectivity index (χ4n) is 4.99. The van der Waals surface area contributed by atoms with E-state index in [2.05, 4.69) is 0 Å². The Labute approximate surface area is 252 Å². The van der Waals surface area contributed by atoms with Crippen molar-refractivity contribution in [2.75, 3.05) is 4.90 Å². The van der Waals surface area contributed by atoms with Crippen LogP contribution in [-0.2, 0) is 0 Å². The van der Waals surface area contributed by atoms with Gasteiger partial charge in [-0.15, -0.1) is 0 Å². The van der Waals surface area contributed by atoms with Crippen molar-refractivity contribution in [2.45, 2.75) is 0 Å². The molecule has 0 unspecified atom stereocenters. The first-order chi connectivity index (χ1) is 23.7. The van der Waals surface area contributed by atoms with Crippen LogP contribution < -0.4 is 4.90 Å². The molecule has 0 aliphatic rings. The first-order valence-electron chi connectivity index (χ1n) is 17.4. The Bertz CT molecular complexity index is 2320. The highest BCUT2D eigenvalue weighted by Crippen LogP contribution is 2.39. The van der Waals surface area contributed by atoms with Gasteiger partial charge in [-0.3, -0.25) is 0 Å². The second-order valence-corrected chi connectivity index (χ2v) is 9.59. The van der Waals surface area contributed by atoms with Crippen LogP contribution in [0.1, 0.15) is 11.0 Å². The summed E-state index contributed by atoms with van der Waals surface area (Å²) in [5, 5.41) is 1.65. The van der Waals surface area contributed by atoms with Crippen LogP contribution in [-0.4, -0.2) is 0 Å². The summed E-state index contributed by atoms with van der Waals surface area (Å²) in [5.74, 6) is 0. The van der Waals surface area contributed by atoms with Gasteiger partial charge in [-0.05, 0) is 80.5 Å². The number of nitrogens with zero attached hydrogens (tertiary/aromatic N) is 1. The molecule has 0 radical (unpaired) electrons. The standard InChI is InChI=1S/C40H29N/c1-3-11-30(12-4-1)32-21-25-36(26-22-32)41(37-27-23-33(24-28-37)31-13-5-2-6-14-31)38-18-9-17-35(29-38)40-20-10-16-34-15-7-8-19-39(34)40/h1-29H/i9D,17D,18D,21D,22D,25D,26D,29D. The van der Waals surface area contributed by atoms with Gasteiger partial charge in [0.2, 0.25) is 0 Å². The Morgan fingerprint density at radius 1 is 0.390 bits per heavy atom. The molecule has 7 aromatic rings. The molecule has 0 saturated heterocycles. The van der Waals surface area contributed by atoms with E-state index in [1.54, 1.807) is 42.5 Å². The summed E-state index contributed by atoms with van der Waals surface area (Å²) >= 11 is 0. The number of hydrogen-bond donors (Lipinski definition) is 0. The number of rotatable bonds is 6. The molecule has 0 aliphatic carbocycles. The predicted octanol–water partition coefficient (Wildman–Crippen LogP) is 11.3. The quantitative estimate of drug-likeness (QED) is 0.206. The summed E-state index contributed by atoms with van der Waals surface area (Å²) < 4.78 is 73.2. The van der Waals surface area contributed by atoms with Crippen molar-refractivity contribution < 1.29 is 11.0 Å². The van der Waals surface area contributed by atoms with E-state index < -0.39 is 12.1 Å². The third-order valence-corrected chi connectivity index (χ3v) is 7.02. The highest BCUT2D eigenvalue weighted by Gasteiger charge is 2.15. The van der Waals surface area contributed by atoms with Gasteiger partial charge >= 0.3 is 0 Å². The van der Waals surface area contributed by atoms with Gasteiger partial charge in [0.05, 0.1) is 11.0 Å². The number of hydrogen-bond acceptors (Lipinski definition) is 1. The van der Waals surface area contributed by atoms with Crippen molar-refractivity contribution in [3.8, 4) is 33.4 Å². The molecule has 0 aromatic heterocycles. The second-order valence-electron chi connectivity index (χ2n) is 9.59. The van der Waals surface area contributed by atoms with E-state index >= 15 is 0 Å². The lowest BCUT2D eigenvalue weighted by Gasteiger charge is -2.26. The first kappa shape index (κ1) is 17.3. The normalized spacial score (nSPS) is 13.7. The molecule has 0 fully saturated rings. The molecule has 1 nitrogen and oxygen atoms in total. The summed E-state index contributed by atoms with van der Waals surface area (Å²) in [5.41, 5.74) is 3.28. The Balaban J connectivity index is 1.55. The van der Waals surface area contributed by atoms with Gasteiger partial charge in [0.15, 0.2) is 0 Å². The van der Waals surface area contributed by atoms with Gasteiger partial charge in [-0.25, -0.2) is 0 Å². The number of benzene rings is 7. The molecular formula is C40H29N. The zero-order valence-electron chi connectivity index (χ0n) is 30.1. The van der Waals surface area contributed by atoms with Gasteiger partial charge in [0.1, 0.15) is 0 Å². The lowest BCUT2D eigenvalue weighted by Crippen LogP contribution is -2.10. The Kier molecular flexibility index (Phi) is 4.65. The number of fused-ring (bicyclic) bond motifs is 1. The highest BCUT2D eigenvalue weighted by molar-refractivity contribution is 5.97. The van der Waals surface area contributed by atoms with Gasteiger partial charge in [-0.1, -0.05) is 139 Å². The minimum atomic E-state index is -0.435. The molecule has 0 aliphatic heterocycles. The minimum Gasteiger partial charge on any atom is -0.310 e. The van der Waals surface area contributed by atoms with E-state index in [-0.39, 0.29) is 58.8 Å². The van der Waals surface area contributed by atoms with E-state index in [0.717, 1.165) is 21.9 Å². The van der Waals surface area contributed by atoms with Crippen molar-refractivity contribution in [3.63, 3.8) is 0 Å². The monoisotopic (exact) mass is 531 g/mol. The fourth-order valence-corrected chi connectivity index (χ4v) is 4.99. The van der Waals surface area contributed by atoms with E-state index in [0.29, 0.717) is 16.8 Å². The lowest BCUT2D eigenvalue weighted by molar-refractivity contribution is 1.28. The van der Waals surface area contributed by atoms with Crippen LogP contribution in [0.5, 0.6) is 0 Å². The Morgan fingerprint density at radius 3 is 1.73 bits per heavy atom. The van der Waals surface area contributed by atoms with Crippen LogP contribution in [0.3, 0.4) is 0 Å². The molecule has 0 N–H and O–H groups in total. The molecule has 0 atom stereocenters. The van der Waals surface area contributed by atoms with E-state index in [4.69, 9.17) is 6.85 Å². The van der Waals surface area contributed by atoms with Crippen molar-refractivity contribution in [3.05, 3.63) is 176 Å². The average molecular weight is 532 g/mol. The summed E-state index contributed by atoms with van der Waals surface area (Å²) in [7, 11) is 0. The van der Waals surface area contributed by atoms with E-state index in [1.165, 1.54) is 4.90 Å². The molecular weight excluding hydrogens is 494 g/mol. The summed E-state index contributed by atoms with van der Waals surface area (Å²) in [6, 6.07) is 36.1. The van der Waals surface area contributed by atoms with Crippen molar-refractivity contribution in [2.24, 2.45) is 0 Å². The molecule has 0 amide bonds. The minimum absolute atomic E-state index is 0.121. The average Bonchev–Trinajstić information content (AvgIpc) is 3.14.